The van der Waals surface area contributed by atoms with Gasteiger partial charge in [-0.15, -0.1) is 0 Å². The fourth-order valence-corrected chi connectivity index (χ4v) is 3.43. The smallest absolute Gasteiger partial charge is 0.263 e. The lowest BCUT2D eigenvalue weighted by Gasteiger charge is -2.34. The number of amides is 1. The van der Waals surface area contributed by atoms with Crippen LogP contribution in [0.5, 0.6) is 5.75 Å². The summed E-state index contributed by atoms with van der Waals surface area (Å²) in [6.45, 7) is 2.46. The Morgan fingerprint density at radius 3 is 2.87 bits per heavy atom. The minimum atomic E-state index is -3.31. The van der Waals surface area contributed by atoms with Crippen molar-refractivity contribution in [1.29, 1.82) is 0 Å². The maximum absolute atomic E-state index is 13.1. The molecule has 1 N–H and O–H groups in total. The Bertz CT molecular complexity index is 665. The standard InChI is InChI=1S/C15H21FN2O4S/c1-11(22-14-7-3-5-12(16)9-14)15(19)18-8-4-6-13(10-18)17-23(2,20)21/h3,5,7,9,11,13,17H,4,6,8,10H2,1-2H3/t11-,13-/m1/s1. The van der Waals surface area contributed by atoms with Crippen LogP contribution in [0.25, 0.3) is 0 Å². The molecule has 23 heavy (non-hydrogen) atoms. The SMILES string of the molecule is C[C@@H](Oc1cccc(F)c1)C(=O)N1CCC[C@@H](NS(C)(=O)=O)C1. The third-order valence-electron chi connectivity index (χ3n) is 3.57. The summed E-state index contributed by atoms with van der Waals surface area (Å²) in [7, 11) is -3.31. The van der Waals surface area contributed by atoms with E-state index in [0.717, 1.165) is 6.26 Å². The van der Waals surface area contributed by atoms with E-state index in [9.17, 15) is 17.6 Å². The van der Waals surface area contributed by atoms with Gasteiger partial charge in [0.05, 0.1) is 6.26 Å². The zero-order chi connectivity index (χ0) is 17.0. The molecule has 1 saturated heterocycles. The van der Waals surface area contributed by atoms with E-state index in [2.05, 4.69) is 4.72 Å². The summed E-state index contributed by atoms with van der Waals surface area (Å²) in [6, 6.07) is 5.31. The Balaban J connectivity index is 1.96. The van der Waals surface area contributed by atoms with Crippen molar-refractivity contribution < 1.29 is 22.3 Å². The first-order valence-electron chi connectivity index (χ1n) is 7.43. The number of nitrogens with one attached hydrogen (secondary N) is 1. The van der Waals surface area contributed by atoms with Crippen LogP contribution in [0.1, 0.15) is 19.8 Å². The molecule has 1 fully saturated rings. The van der Waals surface area contributed by atoms with Gasteiger partial charge in [0.2, 0.25) is 10.0 Å². The van der Waals surface area contributed by atoms with Crippen LogP contribution >= 0.6 is 0 Å². The van der Waals surface area contributed by atoms with Gasteiger partial charge in [-0.05, 0) is 31.9 Å². The number of halogens is 1. The van der Waals surface area contributed by atoms with Crippen LogP contribution in [0.2, 0.25) is 0 Å². The summed E-state index contributed by atoms with van der Waals surface area (Å²) in [5, 5.41) is 0. The number of nitrogens with zero attached hydrogens (tertiary/aromatic N) is 1. The minimum absolute atomic E-state index is 0.241. The van der Waals surface area contributed by atoms with Gasteiger partial charge < -0.3 is 9.64 Å². The minimum Gasteiger partial charge on any atom is -0.481 e. The molecule has 1 amide bonds. The van der Waals surface area contributed by atoms with Gasteiger partial charge in [-0.25, -0.2) is 17.5 Å². The first kappa shape index (κ1) is 17.7. The maximum atomic E-state index is 13.1. The van der Waals surface area contributed by atoms with Crippen LogP contribution in [-0.2, 0) is 14.8 Å². The number of ether oxygens (including phenoxy) is 1. The molecule has 0 spiro atoms. The average molecular weight is 344 g/mol. The van der Waals surface area contributed by atoms with E-state index in [4.69, 9.17) is 4.74 Å². The second kappa shape index (κ2) is 7.27. The number of likely N-dealkylation sites (tertiary alicyclic amines) is 1. The number of hydrogen-bond donors (Lipinski definition) is 1. The molecule has 8 heteroatoms. The molecule has 128 valence electrons. The van der Waals surface area contributed by atoms with Crippen molar-refractivity contribution in [3.63, 3.8) is 0 Å². The molecule has 1 aromatic carbocycles. The van der Waals surface area contributed by atoms with Gasteiger partial charge in [0, 0.05) is 25.2 Å². The largest absolute Gasteiger partial charge is 0.481 e. The molecule has 0 saturated carbocycles. The topological polar surface area (TPSA) is 75.7 Å². The summed E-state index contributed by atoms with van der Waals surface area (Å²) < 4.78 is 43.8. The molecule has 1 aliphatic heterocycles. The fraction of sp³-hybridized carbons (Fsp3) is 0.533. The third kappa shape index (κ3) is 5.47. The van der Waals surface area contributed by atoms with Crippen molar-refractivity contribution >= 4 is 15.9 Å². The Kier molecular flexibility index (Phi) is 5.59. The predicted molar refractivity (Wildman–Crippen MR) is 84.1 cm³/mol. The summed E-state index contributed by atoms with van der Waals surface area (Å²) in [6.07, 6.45) is 1.74. The van der Waals surface area contributed by atoms with Crippen molar-refractivity contribution in [2.75, 3.05) is 19.3 Å². The molecule has 2 atom stereocenters. The van der Waals surface area contributed by atoms with E-state index in [1.54, 1.807) is 17.9 Å². The van der Waals surface area contributed by atoms with Gasteiger partial charge in [-0.1, -0.05) is 6.07 Å². The van der Waals surface area contributed by atoms with Crippen molar-refractivity contribution in [3.05, 3.63) is 30.1 Å². The Morgan fingerprint density at radius 1 is 1.48 bits per heavy atom. The monoisotopic (exact) mass is 344 g/mol. The number of sulfonamides is 1. The van der Waals surface area contributed by atoms with Crippen LogP contribution in [0.15, 0.2) is 24.3 Å². The quantitative estimate of drug-likeness (QED) is 0.869. The first-order chi connectivity index (χ1) is 10.7. The molecule has 0 aromatic heterocycles. The molecular formula is C15H21FN2O4S. The normalized spacial score (nSPS) is 20.1. The second-order valence-corrected chi connectivity index (χ2v) is 7.51. The van der Waals surface area contributed by atoms with Crippen molar-refractivity contribution in [2.45, 2.75) is 31.9 Å². The predicted octanol–water partition coefficient (Wildman–Crippen LogP) is 1.13. The molecule has 0 bridgehead atoms. The van der Waals surface area contributed by atoms with Crippen LogP contribution in [0, 0.1) is 5.82 Å². The van der Waals surface area contributed by atoms with Gasteiger partial charge in [0.1, 0.15) is 11.6 Å². The molecule has 1 aromatic rings. The van der Waals surface area contributed by atoms with Crippen LogP contribution in [0.3, 0.4) is 0 Å². The number of hydrogen-bond acceptors (Lipinski definition) is 4. The average Bonchev–Trinajstić information content (AvgIpc) is 2.45. The van der Waals surface area contributed by atoms with Gasteiger partial charge >= 0.3 is 0 Å². The Hall–Kier alpha value is -1.67. The highest BCUT2D eigenvalue weighted by Gasteiger charge is 2.29. The van der Waals surface area contributed by atoms with E-state index >= 15 is 0 Å². The van der Waals surface area contributed by atoms with E-state index in [1.165, 1.54) is 18.2 Å². The van der Waals surface area contributed by atoms with Gasteiger partial charge in [0.25, 0.3) is 5.91 Å². The Labute approximate surface area is 135 Å². The number of piperidine rings is 1. The van der Waals surface area contributed by atoms with Crippen molar-refractivity contribution in [1.82, 2.24) is 9.62 Å². The molecule has 2 rings (SSSR count). The molecule has 0 radical (unpaired) electrons. The summed E-state index contributed by atoms with van der Waals surface area (Å²) in [5.74, 6) is -0.388. The van der Waals surface area contributed by atoms with Gasteiger partial charge in [0.15, 0.2) is 6.10 Å². The number of carbonyl (C=O) groups excluding carboxylic acids is 1. The fourth-order valence-electron chi connectivity index (χ4n) is 2.63. The summed E-state index contributed by atoms with van der Waals surface area (Å²) in [5.41, 5.74) is 0. The van der Waals surface area contributed by atoms with Gasteiger partial charge in [-0.2, -0.15) is 0 Å². The van der Waals surface area contributed by atoms with Crippen LogP contribution < -0.4 is 9.46 Å². The lowest BCUT2D eigenvalue weighted by molar-refractivity contribution is -0.139. The summed E-state index contributed by atoms with van der Waals surface area (Å²) in [4.78, 5) is 14.0. The van der Waals surface area contributed by atoms with E-state index < -0.39 is 21.9 Å². The zero-order valence-electron chi connectivity index (χ0n) is 13.2. The van der Waals surface area contributed by atoms with Crippen molar-refractivity contribution in [2.24, 2.45) is 0 Å². The van der Waals surface area contributed by atoms with Crippen molar-refractivity contribution in [3.8, 4) is 5.75 Å². The summed E-state index contributed by atoms with van der Waals surface area (Å²) >= 11 is 0. The molecular weight excluding hydrogens is 323 g/mol. The highest BCUT2D eigenvalue weighted by Crippen LogP contribution is 2.17. The molecule has 1 aliphatic rings. The second-order valence-electron chi connectivity index (χ2n) is 5.73. The first-order valence-corrected chi connectivity index (χ1v) is 9.32. The molecule has 0 aliphatic carbocycles. The number of rotatable bonds is 5. The van der Waals surface area contributed by atoms with E-state index in [1.807, 2.05) is 0 Å². The van der Waals surface area contributed by atoms with E-state index in [-0.39, 0.29) is 17.7 Å². The van der Waals surface area contributed by atoms with Gasteiger partial charge in [-0.3, -0.25) is 4.79 Å². The maximum Gasteiger partial charge on any atom is 0.263 e. The highest BCUT2D eigenvalue weighted by molar-refractivity contribution is 7.88. The lowest BCUT2D eigenvalue weighted by atomic mass is 10.1. The van der Waals surface area contributed by atoms with Crippen LogP contribution in [-0.4, -0.2) is 50.7 Å². The molecule has 1 heterocycles. The number of benzene rings is 1. The zero-order valence-corrected chi connectivity index (χ0v) is 14.0. The molecule has 6 nitrogen and oxygen atoms in total. The molecule has 0 unspecified atom stereocenters. The number of carbonyl (C=O) groups is 1. The Morgan fingerprint density at radius 2 is 2.22 bits per heavy atom. The van der Waals surface area contributed by atoms with E-state index in [0.29, 0.717) is 25.9 Å². The lowest BCUT2D eigenvalue weighted by Crippen LogP contribution is -2.52. The van der Waals surface area contributed by atoms with Crippen LogP contribution in [0.4, 0.5) is 4.39 Å². The third-order valence-corrected chi connectivity index (χ3v) is 4.33. The highest BCUT2D eigenvalue weighted by atomic mass is 32.2.